The topological polar surface area (TPSA) is 150 Å². The first kappa shape index (κ1) is 33.6. The second kappa shape index (κ2) is 15.7. The van der Waals surface area contributed by atoms with E-state index >= 15 is 0 Å². The molecule has 4 rings (SSSR count). The van der Waals surface area contributed by atoms with Gasteiger partial charge in [-0.2, -0.15) is 4.99 Å². The second-order valence-corrected chi connectivity index (χ2v) is 12.7. The molecule has 1 amide bonds. The van der Waals surface area contributed by atoms with Crippen LogP contribution in [0.4, 0.5) is 10.5 Å². The van der Waals surface area contributed by atoms with Crippen molar-refractivity contribution in [3.8, 4) is 0 Å². The molecule has 0 aromatic heterocycles. The molecule has 242 valence electrons. The number of nitrogens with one attached hydrogen (secondary N) is 1. The number of nitrogens with zero attached hydrogens (tertiary/aromatic N) is 2. The van der Waals surface area contributed by atoms with Crippen molar-refractivity contribution in [3.63, 3.8) is 0 Å². The lowest BCUT2D eigenvalue weighted by molar-refractivity contribution is -0.173. The maximum Gasteiger partial charge on any atom is 0.435 e. The fourth-order valence-corrected chi connectivity index (χ4v) is 5.52. The average molecular weight is 621 g/mol. The molecule has 11 nitrogen and oxygen atoms in total. The molecule has 3 N–H and O–H groups in total. The number of amidine groups is 1. The van der Waals surface area contributed by atoms with Crippen LogP contribution in [-0.4, -0.2) is 62.1 Å². The first-order valence-electron chi connectivity index (χ1n) is 15.5. The third kappa shape index (κ3) is 10.1. The van der Waals surface area contributed by atoms with Gasteiger partial charge in [-0.05, 0) is 88.7 Å². The summed E-state index contributed by atoms with van der Waals surface area (Å²) in [5.41, 5.74) is 7.87. The molecule has 2 aromatic rings. The molecule has 2 heterocycles. The zero-order valence-corrected chi connectivity index (χ0v) is 26.3. The van der Waals surface area contributed by atoms with Crippen LogP contribution in [0.5, 0.6) is 0 Å². The summed E-state index contributed by atoms with van der Waals surface area (Å²) in [4.78, 5) is 55.7. The quantitative estimate of drug-likeness (QED) is 0.170. The van der Waals surface area contributed by atoms with Gasteiger partial charge in [0.1, 0.15) is 12.4 Å². The summed E-state index contributed by atoms with van der Waals surface area (Å²) in [6.07, 6.45) is 2.28. The lowest BCUT2D eigenvalue weighted by Crippen LogP contribution is -2.48. The highest BCUT2D eigenvalue weighted by Crippen LogP contribution is 2.28. The minimum Gasteiger partial charge on any atom is -0.443 e. The molecule has 0 aliphatic carbocycles. The standard InChI is InChI=1S/C34H44N4O7/c1-34(2,3)32(41)45-22-44-29(39)20-24-13-16-36-28(19-24)30(40)25-14-17-38(18-15-25)27-11-9-26(10-12-27)31(35)37-33(42)43-21-23-7-5-4-6-8-23/h4-12,24-25,28,36H,13-22H2,1-3H3,(H2,35,37,42). The fourth-order valence-electron chi connectivity index (χ4n) is 5.52. The van der Waals surface area contributed by atoms with Crippen molar-refractivity contribution < 1.29 is 33.4 Å². The lowest BCUT2D eigenvalue weighted by Gasteiger charge is -2.36. The largest absolute Gasteiger partial charge is 0.443 e. The van der Waals surface area contributed by atoms with Crippen LogP contribution in [0.1, 0.15) is 64.0 Å². The molecule has 2 unspecified atom stereocenters. The van der Waals surface area contributed by atoms with Crippen LogP contribution >= 0.6 is 0 Å². The van der Waals surface area contributed by atoms with Crippen molar-refractivity contribution in [2.75, 3.05) is 31.3 Å². The molecule has 11 heteroatoms. The number of hydrogen-bond acceptors (Lipinski definition) is 9. The molecule has 0 spiro atoms. The van der Waals surface area contributed by atoms with Gasteiger partial charge in [0, 0.05) is 36.7 Å². The van der Waals surface area contributed by atoms with Crippen LogP contribution in [0.3, 0.4) is 0 Å². The maximum absolute atomic E-state index is 13.4. The molecule has 0 saturated carbocycles. The van der Waals surface area contributed by atoms with Crippen molar-refractivity contribution in [1.29, 1.82) is 0 Å². The van der Waals surface area contributed by atoms with Crippen LogP contribution in [0.2, 0.25) is 0 Å². The predicted molar refractivity (Wildman–Crippen MR) is 169 cm³/mol. The van der Waals surface area contributed by atoms with E-state index in [4.69, 9.17) is 19.9 Å². The average Bonchev–Trinajstić information content (AvgIpc) is 3.03. The Hall–Kier alpha value is -4.25. The van der Waals surface area contributed by atoms with Gasteiger partial charge in [-0.15, -0.1) is 0 Å². The second-order valence-electron chi connectivity index (χ2n) is 12.7. The Labute approximate surface area is 264 Å². The lowest BCUT2D eigenvalue weighted by atomic mass is 9.82. The van der Waals surface area contributed by atoms with E-state index in [2.05, 4.69) is 15.2 Å². The van der Waals surface area contributed by atoms with E-state index in [1.54, 1.807) is 20.8 Å². The van der Waals surface area contributed by atoms with E-state index in [1.165, 1.54) is 0 Å². The molecular formula is C34H44N4O7. The number of amides is 1. The summed E-state index contributed by atoms with van der Waals surface area (Å²) in [5, 5.41) is 3.34. The minimum absolute atomic E-state index is 0.0336. The Morgan fingerprint density at radius 3 is 2.29 bits per heavy atom. The van der Waals surface area contributed by atoms with Crippen LogP contribution in [0.15, 0.2) is 59.6 Å². The Bertz CT molecular complexity index is 1350. The van der Waals surface area contributed by atoms with Crippen LogP contribution < -0.4 is 16.0 Å². The summed E-state index contributed by atoms with van der Waals surface area (Å²) >= 11 is 0. The van der Waals surface area contributed by atoms with Crippen molar-refractivity contribution in [1.82, 2.24) is 5.32 Å². The number of esters is 2. The van der Waals surface area contributed by atoms with Gasteiger partial charge in [-0.3, -0.25) is 14.4 Å². The molecule has 2 fully saturated rings. The van der Waals surface area contributed by atoms with Gasteiger partial charge in [-0.1, -0.05) is 30.3 Å². The molecule has 2 aliphatic heterocycles. The number of anilines is 1. The smallest absolute Gasteiger partial charge is 0.435 e. The van der Waals surface area contributed by atoms with Gasteiger partial charge in [0.05, 0.1) is 11.5 Å². The normalized spacial score (nSPS) is 19.4. The zero-order valence-electron chi connectivity index (χ0n) is 26.3. The zero-order chi connectivity index (χ0) is 32.4. The Morgan fingerprint density at radius 1 is 0.933 bits per heavy atom. The predicted octanol–water partition coefficient (Wildman–Crippen LogP) is 4.36. The minimum atomic E-state index is -0.746. The molecule has 2 saturated heterocycles. The molecule has 45 heavy (non-hydrogen) atoms. The SMILES string of the molecule is CC(C)(C)C(=O)OCOC(=O)CC1CCNC(C(=O)C2CCN(c3ccc(C(N)=NC(=O)OCc4ccccc4)cc3)CC2)C1. The molecule has 0 bridgehead atoms. The molecule has 2 aromatic carbocycles. The number of rotatable bonds is 10. The number of Topliss-reactive ketones (excluding diaryl/α,β-unsaturated/α-hetero) is 1. The van der Waals surface area contributed by atoms with Crippen molar-refractivity contribution in [2.45, 2.75) is 65.5 Å². The number of piperidine rings is 2. The van der Waals surface area contributed by atoms with Crippen molar-refractivity contribution in [2.24, 2.45) is 28.0 Å². The Morgan fingerprint density at radius 2 is 1.62 bits per heavy atom. The summed E-state index contributed by atoms with van der Waals surface area (Å²) in [5.74, 6) is -0.592. The van der Waals surface area contributed by atoms with E-state index in [0.29, 0.717) is 18.5 Å². The molecule has 2 aliphatic rings. The maximum atomic E-state index is 13.4. The van der Waals surface area contributed by atoms with Crippen LogP contribution in [0, 0.1) is 17.3 Å². The highest BCUT2D eigenvalue weighted by atomic mass is 16.7. The van der Waals surface area contributed by atoms with Gasteiger partial charge in [0.15, 0.2) is 5.78 Å². The summed E-state index contributed by atoms with van der Waals surface area (Å²) in [7, 11) is 0. The number of ketones is 1. The summed E-state index contributed by atoms with van der Waals surface area (Å²) in [6.45, 7) is 7.06. The number of carbonyl (C=O) groups excluding carboxylic acids is 4. The van der Waals surface area contributed by atoms with E-state index in [0.717, 1.165) is 43.6 Å². The Kier molecular flexibility index (Phi) is 11.7. The number of carbonyl (C=O) groups is 4. The number of hydrogen-bond donors (Lipinski definition) is 2. The van der Waals surface area contributed by atoms with Crippen molar-refractivity contribution in [3.05, 3.63) is 65.7 Å². The van der Waals surface area contributed by atoms with Crippen molar-refractivity contribution >= 4 is 35.3 Å². The molecule has 2 atom stereocenters. The van der Waals surface area contributed by atoms with E-state index < -0.39 is 30.2 Å². The molecular weight excluding hydrogens is 576 g/mol. The molecule has 0 radical (unpaired) electrons. The van der Waals surface area contributed by atoms with Gasteiger partial charge in [0.25, 0.3) is 0 Å². The third-order valence-corrected chi connectivity index (χ3v) is 8.18. The highest BCUT2D eigenvalue weighted by molar-refractivity contribution is 6.03. The van der Waals surface area contributed by atoms with Crippen LogP contribution in [0.25, 0.3) is 0 Å². The number of aliphatic imine (C=N–C) groups is 1. The highest BCUT2D eigenvalue weighted by Gasteiger charge is 2.34. The van der Waals surface area contributed by atoms with E-state index in [9.17, 15) is 19.2 Å². The van der Waals surface area contributed by atoms with E-state index in [-0.39, 0.29) is 42.5 Å². The van der Waals surface area contributed by atoms with Gasteiger partial charge >= 0.3 is 18.0 Å². The Balaban J connectivity index is 1.20. The van der Waals surface area contributed by atoms with Gasteiger partial charge < -0.3 is 30.2 Å². The van der Waals surface area contributed by atoms with Gasteiger partial charge in [0.2, 0.25) is 6.79 Å². The summed E-state index contributed by atoms with van der Waals surface area (Å²) < 4.78 is 15.3. The monoisotopic (exact) mass is 620 g/mol. The van der Waals surface area contributed by atoms with Gasteiger partial charge in [-0.25, -0.2) is 4.79 Å². The number of benzene rings is 2. The fraction of sp³-hybridized carbons (Fsp3) is 0.500. The van der Waals surface area contributed by atoms with E-state index in [1.807, 2.05) is 54.6 Å². The van der Waals surface area contributed by atoms with Crippen LogP contribution in [-0.2, 0) is 35.2 Å². The first-order chi connectivity index (χ1) is 21.5. The number of ether oxygens (including phenoxy) is 3. The first-order valence-corrected chi connectivity index (χ1v) is 15.5. The third-order valence-electron chi connectivity index (χ3n) is 8.18. The summed E-state index contributed by atoms with van der Waals surface area (Å²) in [6, 6.07) is 16.6. The number of nitrogens with two attached hydrogens (primary N) is 1.